The third kappa shape index (κ3) is 4.84. The SMILES string of the molecule is Cc1ccc(N=Cc2cc(Cl)c(OCc3ccc(F)cc3)c(Cl)c2)cc1. The third-order valence-corrected chi connectivity index (χ3v) is 4.28. The van der Waals surface area contributed by atoms with E-state index in [1.807, 2.05) is 31.2 Å². The van der Waals surface area contributed by atoms with E-state index in [4.69, 9.17) is 27.9 Å². The van der Waals surface area contributed by atoms with Gasteiger partial charge in [-0.2, -0.15) is 0 Å². The van der Waals surface area contributed by atoms with Crippen molar-refractivity contribution in [3.63, 3.8) is 0 Å². The van der Waals surface area contributed by atoms with Crippen molar-refractivity contribution in [2.75, 3.05) is 0 Å². The zero-order valence-electron chi connectivity index (χ0n) is 14.0. The minimum atomic E-state index is -0.290. The molecule has 0 saturated heterocycles. The normalized spacial score (nSPS) is 11.1. The second kappa shape index (κ2) is 8.35. The van der Waals surface area contributed by atoms with Gasteiger partial charge in [0.25, 0.3) is 0 Å². The molecule has 3 aromatic rings. The van der Waals surface area contributed by atoms with Crippen molar-refractivity contribution >= 4 is 35.1 Å². The molecule has 0 fully saturated rings. The van der Waals surface area contributed by atoms with E-state index in [9.17, 15) is 4.39 Å². The molecular formula is C21H16Cl2FNO. The molecule has 5 heteroatoms. The topological polar surface area (TPSA) is 21.6 Å². The Bertz CT molecular complexity index is 899. The van der Waals surface area contributed by atoms with Gasteiger partial charge >= 0.3 is 0 Å². The lowest BCUT2D eigenvalue weighted by molar-refractivity contribution is 0.306. The monoisotopic (exact) mass is 387 g/mol. The molecule has 0 spiro atoms. The minimum Gasteiger partial charge on any atom is -0.486 e. The Morgan fingerprint density at radius 1 is 0.962 bits per heavy atom. The Labute approximate surface area is 161 Å². The number of rotatable bonds is 5. The highest BCUT2D eigenvalue weighted by Gasteiger charge is 2.09. The summed E-state index contributed by atoms with van der Waals surface area (Å²) in [5.41, 5.74) is 3.62. The van der Waals surface area contributed by atoms with Crippen molar-refractivity contribution in [3.05, 3.63) is 93.2 Å². The standard InChI is InChI=1S/C21H16Cl2FNO/c1-14-2-8-18(9-3-14)25-12-16-10-19(22)21(20(23)11-16)26-13-15-4-6-17(24)7-5-15/h2-12H,13H2,1H3. The van der Waals surface area contributed by atoms with Crippen LogP contribution in [-0.4, -0.2) is 6.21 Å². The Hall–Kier alpha value is -2.36. The molecule has 0 radical (unpaired) electrons. The van der Waals surface area contributed by atoms with Crippen LogP contribution in [0.3, 0.4) is 0 Å². The summed E-state index contributed by atoms with van der Waals surface area (Å²) in [5.74, 6) is 0.104. The molecule has 26 heavy (non-hydrogen) atoms. The Balaban J connectivity index is 1.73. The van der Waals surface area contributed by atoms with Crippen LogP contribution in [0.25, 0.3) is 0 Å². The summed E-state index contributed by atoms with van der Waals surface area (Å²) in [5, 5.41) is 0.787. The van der Waals surface area contributed by atoms with Gasteiger partial charge in [-0.25, -0.2) is 4.39 Å². The Kier molecular flexibility index (Phi) is 5.92. The zero-order chi connectivity index (χ0) is 18.5. The maximum absolute atomic E-state index is 12.9. The van der Waals surface area contributed by atoms with Gasteiger partial charge < -0.3 is 4.74 Å². The van der Waals surface area contributed by atoms with E-state index in [0.29, 0.717) is 15.8 Å². The fourth-order valence-corrected chi connectivity index (χ4v) is 2.92. The van der Waals surface area contributed by atoms with Crippen molar-refractivity contribution < 1.29 is 9.13 Å². The van der Waals surface area contributed by atoms with Gasteiger partial charge in [0.05, 0.1) is 15.7 Å². The van der Waals surface area contributed by atoms with Crippen LogP contribution < -0.4 is 4.74 Å². The molecule has 2 nitrogen and oxygen atoms in total. The molecule has 0 saturated carbocycles. The maximum atomic E-state index is 12.9. The largest absolute Gasteiger partial charge is 0.486 e. The second-order valence-corrected chi connectivity index (χ2v) is 6.64. The lowest BCUT2D eigenvalue weighted by Gasteiger charge is -2.11. The highest BCUT2D eigenvalue weighted by Crippen LogP contribution is 2.34. The first-order chi connectivity index (χ1) is 12.5. The van der Waals surface area contributed by atoms with Gasteiger partial charge in [-0.05, 0) is 54.4 Å². The molecule has 0 unspecified atom stereocenters. The number of aliphatic imine (C=N–C) groups is 1. The number of nitrogens with zero attached hydrogens (tertiary/aromatic N) is 1. The summed E-state index contributed by atoms with van der Waals surface area (Å²) < 4.78 is 18.6. The molecule has 0 aromatic heterocycles. The van der Waals surface area contributed by atoms with Gasteiger partial charge in [-0.3, -0.25) is 4.99 Å². The molecule has 0 amide bonds. The van der Waals surface area contributed by atoms with Gasteiger partial charge in [0.1, 0.15) is 12.4 Å². The zero-order valence-corrected chi connectivity index (χ0v) is 15.6. The van der Waals surface area contributed by atoms with Crippen LogP contribution in [0, 0.1) is 12.7 Å². The van der Waals surface area contributed by atoms with Gasteiger partial charge in [0, 0.05) is 6.21 Å². The third-order valence-electron chi connectivity index (χ3n) is 3.71. The first-order valence-corrected chi connectivity index (χ1v) is 8.74. The average molecular weight is 388 g/mol. The van der Waals surface area contributed by atoms with Crippen LogP contribution >= 0.6 is 23.2 Å². The number of benzene rings is 3. The van der Waals surface area contributed by atoms with E-state index >= 15 is 0 Å². The molecule has 3 aromatic carbocycles. The van der Waals surface area contributed by atoms with Crippen LogP contribution in [0.15, 0.2) is 65.7 Å². The minimum absolute atomic E-state index is 0.247. The van der Waals surface area contributed by atoms with Gasteiger partial charge in [-0.1, -0.05) is 53.0 Å². The molecule has 0 bridgehead atoms. The van der Waals surface area contributed by atoms with Crippen molar-refractivity contribution in [3.8, 4) is 5.75 Å². The number of halogens is 3. The molecule has 0 aliphatic heterocycles. The molecule has 3 rings (SSSR count). The van der Waals surface area contributed by atoms with E-state index < -0.39 is 0 Å². The summed E-state index contributed by atoms with van der Waals surface area (Å²) in [4.78, 5) is 4.41. The first kappa shape index (κ1) is 18.4. The molecule has 0 N–H and O–H groups in total. The summed E-state index contributed by atoms with van der Waals surface area (Å²) in [6, 6.07) is 17.4. The van der Waals surface area contributed by atoms with Crippen LogP contribution in [0.1, 0.15) is 16.7 Å². The highest BCUT2D eigenvalue weighted by molar-refractivity contribution is 6.37. The number of ether oxygens (including phenoxy) is 1. The van der Waals surface area contributed by atoms with Crippen molar-refractivity contribution in [2.24, 2.45) is 4.99 Å². The summed E-state index contributed by atoms with van der Waals surface area (Å²) in [7, 11) is 0. The number of hydrogen-bond donors (Lipinski definition) is 0. The quantitative estimate of drug-likeness (QED) is 0.442. The molecule has 132 valence electrons. The second-order valence-electron chi connectivity index (χ2n) is 5.82. The number of hydrogen-bond acceptors (Lipinski definition) is 2. The molecule has 0 aliphatic rings. The fourth-order valence-electron chi connectivity index (χ4n) is 2.31. The van der Waals surface area contributed by atoms with Gasteiger partial charge in [0.15, 0.2) is 5.75 Å². The van der Waals surface area contributed by atoms with E-state index in [2.05, 4.69) is 4.99 Å². The highest BCUT2D eigenvalue weighted by atomic mass is 35.5. The van der Waals surface area contributed by atoms with Crippen LogP contribution in [0.5, 0.6) is 5.75 Å². The van der Waals surface area contributed by atoms with Crippen molar-refractivity contribution in [1.29, 1.82) is 0 Å². The molecule has 0 aliphatic carbocycles. The van der Waals surface area contributed by atoms with Gasteiger partial charge in [0.2, 0.25) is 0 Å². The lowest BCUT2D eigenvalue weighted by atomic mass is 10.2. The van der Waals surface area contributed by atoms with E-state index in [0.717, 1.165) is 16.8 Å². The van der Waals surface area contributed by atoms with Crippen LogP contribution in [0.2, 0.25) is 10.0 Å². The van der Waals surface area contributed by atoms with Crippen LogP contribution in [0.4, 0.5) is 10.1 Å². The molecule has 0 heterocycles. The van der Waals surface area contributed by atoms with E-state index in [1.54, 1.807) is 30.5 Å². The van der Waals surface area contributed by atoms with E-state index in [-0.39, 0.29) is 12.4 Å². The smallest absolute Gasteiger partial charge is 0.157 e. The molecular weight excluding hydrogens is 372 g/mol. The predicted octanol–water partition coefficient (Wildman–Crippen LogP) is 6.77. The Morgan fingerprint density at radius 2 is 1.58 bits per heavy atom. The summed E-state index contributed by atoms with van der Waals surface area (Å²) in [6.45, 7) is 2.27. The lowest BCUT2D eigenvalue weighted by Crippen LogP contribution is -1.97. The van der Waals surface area contributed by atoms with Crippen LogP contribution in [-0.2, 0) is 6.61 Å². The average Bonchev–Trinajstić information content (AvgIpc) is 2.62. The van der Waals surface area contributed by atoms with Crippen molar-refractivity contribution in [1.82, 2.24) is 0 Å². The van der Waals surface area contributed by atoms with Crippen molar-refractivity contribution in [2.45, 2.75) is 13.5 Å². The van der Waals surface area contributed by atoms with E-state index in [1.165, 1.54) is 17.7 Å². The summed E-state index contributed by atoms with van der Waals surface area (Å²) in [6.07, 6.45) is 1.70. The Morgan fingerprint density at radius 3 is 2.19 bits per heavy atom. The number of aryl methyl sites for hydroxylation is 1. The fraction of sp³-hybridized carbons (Fsp3) is 0.0952. The predicted molar refractivity (Wildman–Crippen MR) is 106 cm³/mol. The molecule has 0 atom stereocenters. The maximum Gasteiger partial charge on any atom is 0.157 e. The summed E-state index contributed by atoms with van der Waals surface area (Å²) >= 11 is 12.6. The first-order valence-electron chi connectivity index (χ1n) is 7.98. The van der Waals surface area contributed by atoms with Gasteiger partial charge in [-0.15, -0.1) is 0 Å².